The number of rotatable bonds is 4. The van der Waals surface area contributed by atoms with E-state index in [4.69, 9.17) is 4.74 Å². The zero-order chi connectivity index (χ0) is 20.9. The van der Waals surface area contributed by atoms with E-state index in [9.17, 15) is 14.0 Å². The number of halogens is 1. The molecule has 1 N–H and O–H groups in total. The van der Waals surface area contributed by atoms with Crippen molar-refractivity contribution in [2.24, 2.45) is 0 Å². The average molecular weight is 442 g/mol. The van der Waals surface area contributed by atoms with Crippen molar-refractivity contribution in [3.05, 3.63) is 53.7 Å². The van der Waals surface area contributed by atoms with E-state index in [0.29, 0.717) is 29.2 Å². The number of thioether (sulfide) groups is 1. The molecule has 1 atom stereocenters. The number of hydrogen-bond donors (Lipinski definition) is 1. The number of carbonyl (C=O) groups is 2. The summed E-state index contributed by atoms with van der Waals surface area (Å²) in [5.41, 5.74) is 1.91. The fraction of sp³-hybridized carbons (Fsp3) is 0.190. The summed E-state index contributed by atoms with van der Waals surface area (Å²) < 4.78 is 19.0. The number of anilines is 2. The van der Waals surface area contributed by atoms with Crippen molar-refractivity contribution in [1.82, 2.24) is 4.98 Å². The molecular weight excluding hydrogens is 425 g/mol. The number of methoxy groups -OCH3 is 1. The van der Waals surface area contributed by atoms with E-state index in [0.717, 1.165) is 10.6 Å². The Kier molecular flexibility index (Phi) is 4.52. The SMILES string of the molecule is COc1ccc(-c2csc(NC(=O)[C@]34CCC(=O)N3c3ccccc3S4)n2)cc1F. The molecule has 3 aromatic rings. The Morgan fingerprint density at radius 1 is 1.30 bits per heavy atom. The number of hydrogen-bond acceptors (Lipinski definition) is 6. The molecule has 0 unspecified atom stereocenters. The average Bonchev–Trinajstić information content (AvgIpc) is 3.42. The highest BCUT2D eigenvalue weighted by Gasteiger charge is 2.57. The van der Waals surface area contributed by atoms with E-state index in [2.05, 4.69) is 10.3 Å². The van der Waals surface area contributed by atoms with E-state index >= 15 is 0 Å². The summed E-state index contributed by atoms with van der Waals surface area (Å²) in [7, 11) is 1.41. The number of benzene rings is 2. The van der Waals surface area contributed by atoms with Crippen LogP contribution in [0.25, 0.3) is 11.3 Å². The smallest absolute Gasteiger partial charge is 0.263 e. The number of ether oxygens (including phenoxy) is 1. The van der Waals surface area contributed by atoms with Gasteiger partial charge in [-0.05, 0) is 36.8 Å². The maximum absolute atomic E-state index is 14.0. The zero-order valence-corrected chi connectivity index (χ0v) is 17.5. The van der Waals surface area contributed by atoms with Crippen molar-refractivity contribution >= 4 is 45.7 Å². The largest absolute Gasteiger partial charge is 0.494 e. The van der Waals surface area contributed by atoms with Crippen LogP contribution in [0.15, 0.2) is 52.7 Å². The van der Waals surface area contributed by atoms with Gasteiger partial charge < -0.3 is 4.74 Å². The minimum atomic E-state index is -1.00. The molecular formula is C21H16FN3O3S2. The number of thiazole rings is 1. The van der Waals surface area contributed by atoms with Gasteiger partial charge in [0.2, 0.25) is 5.91 Å². The molecule has 2 aliphatic rings. The van der Waals surface area contributed by atoms with Crippen LogP contribution in [-0.4, -0.2) is 28.8 Å². The quantitative estimate of drug-likeness (QED) is 0.644. The Bertz CT molecular complexity index is 1180. The van der Waals surface area contributed by atoms with Crippen LogP contribution in [0.4, 0.5) is 15.2 Å². The monoisotopic (exact) mass is 441 g/mol. The fourth-order valence-electron chi connectivity index (χ4n) is 3.78. The molecule has 152 valence electrons. The highest BCUT2D eigenvalue weighted by molar-refractivity contribution is 8.02. The second kappa shape index (κ2) is 7.10. The van der Waals surface area contributed by atoms with Gasteiger partial charge in [0.15, 0.2) is 21.6 Å². The van der Waals surface area contributed by atoms with Crippen molar-refractivity contribution < 1.29 is 18.7 Å². The van der Waals surface area contributed by atoms with Gasteiger partial charge >= 0.3 is 0 Å². The molecule has 1 aromatic heterocycles. The van der Waals surface area contributed by atoms with Crippen molar-refractivity contribution in [2.45, 2.75) is 22.6 Å². The molecule has 0 bridgehead atoms. The number of nitrogens with one attached hydrogen (secondary N) is 1. The number of para-hydroxylation sites is 1. The van der Waals surface area contributed by atoms with Gasteiger partial charge in [0, 0.05) is 22.3 Å². The zero-order valence-electron chi connectivity index (χ0n) is 15.8. The maximum Gasteiger partial charge on any atom is 0.263 e. The van der Waals surface area contributed by atoms with Crippen LogP contribution in [0.3, 0.4) is 0 Å². The Hall–Kier alpha value is -2.91. The molecule has 9 heteroatoms. The van der Waals surface area contributed by atoms with Gasteiger partial charge in [-0.2, -0.15) is 0 Å². The Balaban J connectivity index is 1.40. The predicted octanol–water partition coefficient (Wildman–Crippen LogP) is 4.53. The number of aromatic nitrogens is 1. The lowest BCUT2D eigenvalue weighted by Gasteiger charge is -2.29. The van der Waals surface area contributed by atoms with Crippen LogP contribution < -0.4 is 15.0 Å². The van der Waals surface area contributed by atoms with Crippen LogP contribution in [0.5, 0.6) is 5.75 Å². The summed E-state index contributed by atoms with van der Waals surface area (Å²) in [6.07, 6.45) is 0.752. The molecule has 0 radical (unpaired) electrons. The number of amides is 2. The van der Waals surface area contributed by atoms with Crippen molar-refractivity contribution in [2.75, 3.05) is 17.3 Å². The second-order valence-electron chi connectivity index (χ2n) is 6.92. The van der Waals surface area contributed by atoms with Crippen molar-refractivity contribution in [3.63, 3.8) is 0 Å². The summed E-state index contributed by atoms with van der Waals surface area (Å²) in [6.45, 7) is 0. The van der Waals surface area contributed by atoms with Crippen molar-refractivity contribution in [3.8, 4) is 17.0 Å². The molecule has 1 fully saturated rings. The second-order valence-corrected chi connectivity index (χ2v) is 9.10. The van der Waals surface area contributed by atoms with Gasteiger partial charge in [-0.15, -0.1) is 11.3 Å². The first kappa shape index (κ1) is 19.1. The molecule has 2 aromatic carbocycles. The van der Waals surface area contributed by atoms with Gasteiger partial charge in [-0.25, -0.2) is 9.37 Å². The van der Waals surface area contributed by atoms with E-state index < -0.39 is 10.7 Å². The number of nitrogens with zero attached hydrogens (tertiary/aromatic N) is 2. The molecule has 30 heavy (non-hydrogen) atoms. The first-order chi connectivity index (χ1) is 14.5. The third-order valence-electron chi connectivity index (χ3n) is 5.20. The van der Waals surface area contributed by atoms with Gasteiger partial charge in [0.05, 0.1) is 18.5 Å². The minimum Gasteiger partial charge on any atom is -0.494 e. The van der Waals surface area contributed by atoms with Crippen LogP contribution in [0.2, 0.25) is 0 Å². The highest BCUT2D eigenvalue weighted by Crippen LogP contribution is 2.56. The summed E-state index contributed by atoms with van der Waals surface area (Å²) >= 11 is 2.65. The molecule has 5 rings (SSSR count). The summed E-state index contributed by atoms with van der Waals surface area (Å²) in [4.78, 5) is 31.8. The van der Waals surface area contributed by atoms with Crippen molar-refractivity contribution in [1.29, 1.82) is 0 Å². The summed E-state index contributed by atoms with van der Waals surface area (Å²) in [6, 6.07) is 12.1. The third kappa shape index (κ3) is 2.88. The Morgan fingerprint density at radius 3 is 2.93 bits per heavy atom. The Labute approximate surface area is 180 Å². The minimum absolute atomic E-state index is 0.0591. The molecule has 1 saturated heterocycles. The lowest BCUT2D eigenvalue weighted by atomic mass is 10.1. The maximum atomic E-state index is 14.0. The lowest BCUT2D eigenvalue weighted by Crippen LogP contribution is -2.49. The summed E-state index contributed by atoms with van der Waals surface area (Å²) in [5.74, 6) is -0.661. The first-order valence-corrected chi connectivity index (χ1v) is 10.9. The van der Waals surface area contributed by atoms with E-state index in [-0.39, 0.29) is 17.6 Å². The fourth-order valence-corrected chi connectivity index (χ4v) is 5.91. The highest BCUT2D eigenvalue weighted by atomic mass is 32.2. The Morgan fingerprint density at radius 2 is 2.13 bits per heavy atom. The molecule has 2 aliphatic heterocycles. The van der Waals surface area contributed by atoms with Crippen LogP contribution in [-0.2, 0) is 9.59 Å². The topological polar surface area (TPSA) is 71.5 Å². The van der Waals surface area contributed by atoms with E-state index in [1.54, 1.807) is 16.3 Å². The predicted molar refractivity (Wildman–Crippen MR) is 114 cm³/mol. The number of fused-ring (bicyclic) bond motifs is 3. The van der Waals surface area contributed by atoms with Crippen LogP contribution in [0, 0.1) is 5.82 Å². The molecule has 3 heterocycles. The lowest BCUT2D eigenvalue weighted by molar-refractivity contribution is -0.121. The molecule has 0 spiro atoms. The first-order valence-electron chi connectivity index (χ1n) is 9.24. The number of carbonyl (C=O) groups excluding carboxylic acids is 2. The van der Waals surface area contributed by atoms with Gasteiger partial charge in [0.25, 0.3) is 5.91 Å². The molecule has 0 aliphatic carbocycles. The summed E-state index contributed by atoms with van der Waals surface area (Å²) in [5, 5.41) is 5.02. The van der Waals surface area contributed by atoms with Crippen LogP contribution in [0.1, 0.15) is 12.8 Å². The standard InChI is InChI=1S/C21H16FN3O3S2/c1-28-16-7-6-12(10-13(16)22)14-11-29-20(23-14)24-19(27)21-9-8-18(26)25(21)15-4-2-3-5-17(15)30-21/h2-7,10-11H,8-9H2,1H3,(H,23,24,27)/t21-/m1/s1. The normalized spacial score (nSPS) is 19.5. The van der Waals surface area contributed by atoms with E-state index in [1.807, 2.05) is 24.3 Å². The van der Waals surface area contributed by atoms with Gasteiger partial charge in [-0.1, -0.05) is 23.9 Å². The molecule has 6 nitrogen and oxygen atoms in total. The van der Waals surface area contributed by atoms with E-state index in [1.165, 1.54) is 42.3 Å². The van der Waals surface area contributed by atoms with Gasteiger partial charge in [0.1, 0.15) is 0 Å². The third-order valence-corrected chi connectivity index (χ3v) is 7.43. The molecule has 0 saturated carbocycles. The molecule has 2 amide bonds. The van der Waals surface area contributed by atoms with Gasteiger partial charge in [-0.3, -0.25) is 19.8 Å². The van der Waals surface area contributed by atoms with Crippen LogP contribution >= 0.6 is 23.1 Å².